The Bertz CT molecular complexity index is 755. The monoisotopic (exact) mass is 331 g/mol. The van der Waals surface area contributed by atoms with Gasteiger partial charge in [-0.3, -0.25) is 9.59 Å². The number of hydrogen-bond donors (Lipinski definition) is 1. The molecule has 0 aliphatic rings. The van der Waals surface area contributed by atoms with Crippen LogP contribution in [0, 0.1) is 0 Å². The van der Waals surface area contributed by atoms with E-state index in [-0.39, 0.29) is 17.4 Å². The van der Waals surface area contributed by atoms with Crippen molar-refractivity contribution in [2.45, 2.75) is 13.5 Å². The molecule has 124 valence electrons. The molecule has 0 fully saturated rings. The molecule has 0 radical (unpaired) electrons. The minimum atomic E-state index is -2.87. The van der Waals surface area contributed by atoms with Crippen LogP contribution in [0.4, 0.5) is 14.5 Å². The molecule has 0 saturated heterocycles. The van der Waals surface area contributed by atoms with E-state index in [1.807, 2.05) is 0 Å². The molecule has 0 atom stereocenters. The summed E-state index contributed by atoms with van der Waals surface area (Å²) in [7, 11) is 0. The van der Waals surface area contributed by atoms with Gasteiger partial charge in [-0.05, 0) is 42.8 Å². The number of Topliss-reactive ketones (excluding diaryl/α,β-unsaturated/α-hetero) is 1. The Balaban J connectivity index is 1.97. The predicted octanol–water partition coefficient (Wildman–Crippen LogP) is 4.14. The number of anilines is 1. The van der Waals surface area contributed by atoms with Gasteiger partial charge in [0.25, 0.3) is 0 Å². The highest BCUT2D eigenvalue weighted by atomic mass is 19.3. The number of rotatable bonds is 6. The van der Waals surface area contributed by atoms with Crippen molar-refractivity contribution >= 4 is 23.5 Å². The molecule has 0 unspecified atom stereocenters. The highest BCUT2D eigenvalue weighted by Crippen LogP contribution is 2.16. The van der Waals surface area contributed by atoms with Crippen LogP contribution in [0.1, 0.15) is 22.8 Å². The van der Waals surface area contributed by atoms with Crippen LogP contribution in [-0.4, -0.2) is 18.3 Å². The molecule has 0 saturated carbocycles. The van der Waals surface area contributed by atoms with Crippen molar-refractivity contribution in [1.29, 1.82) is 0 Å². The molecule has 0 bridgehead atoms. The van der Waals surface area contributed by atoms with Gasteiger partial charge in [0.15, 0.2) is 5.78 Å². The number of halogens is 2. The lowest BCUT2D eigenvalue weighted by molar-refractivity contribution is -0.111. The van der Waals surface area contributed by atoms with Crippen LogP contribution in [0.5, 0.6) is 5.75 Å². The van der Waals surface area contributed by atoms with E-state index in [9.17, 15) is 18.4 Å². The maximum atomic E-state index is 12.1. The first-order chi connectivity index (χ1) is 11.4. The summed E-state index contributed by atoms with van der Waals surface area (Å²) in [5.74, 6) is -0.413. The molecule has 6 heteroatoms. The van der Waals surface area contributed by atoms with Gasteiger partial charge in [0.1, 0.15) is 5.75 Å². The minimum absolute atomic E-state index is 0.0487. The van der Waals surface area contributed by atoms with E-state index in [2.05, 4.69) is 10.1 Å². The summed E-state index contributed by atoms with van der Waals surface area (Å²) in [4.78, 5) is 23.2. The maximum Gasteiger partial charge on any atom is 0.387 e. The molecule has 2 aromatic rings. The topological polar surface area (TPSA) is 55.4 Å². The lowest BCUT2D eigenvalue weighted by atomic mass is 10.1. The summed E-state index contributed by atoms with van der Waals surface area (Å²) in [5, 5.41) is 2.64. The predicted molar refractivity (Wildman–Crippen MR) is 87.2 cm³/mol. The molecular weight excluding hydrogens is 316 g/mol. The first-order valence-electron chi connectivity index (χ1n) is 7.09. The standard InChI is InChI=1S/C18H15F2NO3/c1-12(22)14-3-2-4-15(11-14)21-17(23)10-7-13-5-8-16(9-6-13)24-18(19)20/h2-11,18H,1H3,(H,21,23)/b10-7+. The fourth-order valence-electron chi connectivity index (χ4n) is 1.93. The maximum absolute atomic E-state index is 12.1. The molecule has 0 aliphatic heterocycles. The second-order valence-electron chi connectivity index (χ2n) is 4.91. The lowest BCUT2D eigenvalue weighted by Crippen LogP contribution is -2.08. The van der Waals surface area contributed by atoms with Crippen LogP contribution in [-0.2, 0) is 4.79 Å². The molecule has 0 spiro atoms. The number of ether oxygens (including phenoxy) is 1. The van der Waals surface area contributed by atoms with Gasteiger partial charge in [0, 0.05) is 17.3 Å². The molecule has 1 N–H and O–H groups in total. The molecule has 24 heavy (non-hydrogen) atoms. The lowest BCUT2D eigenvalue weighted by Gasteiger charge is -2.04. The average Bonchev–Trinajstić information content (AvgIpc) is 2.54. The van der Waals surface area contributed by atoms with E-state index in [0.717, 1.165) is 0 Å². The summed E-state index contributed by atoms with van der Waals surface area (Å²) < 4.78 is 28.3. The zero-order chi connectivity index (χ0) is 17.5. The van der Waals surface area contributed by atoms with Crippen molar-refractivity contribution in [3.63, 3.8) is 0 Å². The van der Waals surface area contributed by atoms with Crippen molar-refractivity contribution in [1.82, 2.24) is 0 Å². The molecule has 1 amide bonds. The van der Waals surface area contributed by atoms with Crippen molar-refractivity contribution in [2.24, 2.45) is 0 Å². The zero-order valence-corrected chi connectivity index (χ0v) is 12.8. The van der Waals surface area contributed by atoms with Crippen molar-refractivity contribution in [2.75, 3.05) is 5.32 Å². The highest BCUT2D eigenvalue weighted by Gasteiger charge is 2.04. The van der Waals surface area contributed by atoms with E-state index >= 15 is 0 Å². The number of ketones is 1. The number of hydrogen-bond acceptors (Lipinski definition) is 3. The Kier molecular flexibility index (Phi) is 5.78. The molecular formula is C18H15F2NO3. The van der Waals surface area contributed by atoms with E-state index in [1.54, 1.807) is 36.4 Å². The quantitative estimate of drug-likeness (QED) is 0.639. The molecule has 4 nitrogen and oxygen atoms in total. The summed E-state index contributed by atoms with van der Waals surface area (Å²) in [5.41, 5.74) is 1.67. The number of alkyl halides is 2. The Morgan fingerprint density at radius 2 is 1.83 bits per heavy atom. The van der Waals surface area contributed by atoms with Gasteiger partial charge in [-0.25, -0.2) is 0 Å². The van der Waals surface area contributed by atoms with Gasteiger partial charge in [-0.15, -0.1) is 0 Å². The van der Waals surface area contributed by atoms with Gasteiger partial charge in [-0.1, -0.05) is 24.3 Å². The van der Waals surface area contributed by atoms with Crippen LogP contribution in [0.15, 0.2) is 54.6 Å². The third-order valence-electron chi connectivity index (χ3n) is 3.07. The van der Waals surface area contributed by atoms with E-state index in [4.69, 9.17) is 0 Å². The van der Waals surface area contributed by atoms with E-state index in [1.165, 1.54) is 31.2 Å². The number of carbonyl (C=O) groups excluding carboxylic acids is 2. The summed E-state index contributed by atoms with van der Waals surface area (Å²) in [6.07, 6.45) is 2.85. The summed E-state index contributed by atoms with van der Waals surface area (Å²) in [6, 6.07) is 12.5. The Labute approximate surface area is 137 Å². The molecule has 2 rings (SSSR count). The fourth-order valence-corrected chi connectivity index (χ4v) is 1.93. The van der Waals surface area contributed by atoms with Crippen LogP contribution >= 0.6 is 0 Å². The average molecular weight is 331 g/mol. The van der Waals surface area contributed by atoms with Crippen LogP contribution in [0.25, 0.3) is 6.08 Å². The van der Waals surface area contributed by atoms with Crippen molar-refractivity contribution < 1.29 is 23.1 Å². The number of nitrogens with one attached hydrogen (secondary N) is 1. The second kappa shape index (κ2) is 8.01. The minimum Gasteiger partial charge on any atom is -0.435 e. The first-order valence-corrected chi connectivity index (χ1v) is 7.09. The second-order valence-corrected chi connectivity index (χ2v) is 4.91. The van der Waals surface area contributed by atoms with E-state index < -0.39 is 6.61 Å². The third-order valence-corrected chi connectivity index (χ3v) is 3.07. The van der Waals surface area contributed by atoms with Gasteiger partial charge < -0.3 is 10.1 Å². The molecule has 0 aliphatic carbocycles. The fraction of sp³-hybridized carbons (Fsp3) is 0.111. The number of carbonyl (C=O) groups is 2. The molecule has 0 heterocycles. The number of benzene rings is 2. The SMILES string of the molecule is CC(=O)c1cccc(NC(=O)/C=C/c2ccc(OC(F)F)cc2)c1. The Morgan fingerprint density at radius 1 is 1.12 bits per heavy atom. The van der Waals surface area contributed by atoms with Gasteiger partial charge in [-0.2, -0.15) is 8.78 Å². The van der Waals surface area contributed by atoms with Gasteiger partial charge >= 0.3 is 6.61 Å². The van der Waals surface area contributed by atoms with Crippen LogP contribution in [0.2, 0.25) is 0 Å². The van der Waals surface area contributed by atoms with E-state index in [0.29, 0.717) is 16.8 Å². The van der Waals surface area contributed by atoms with Crippen LogP contribution < -0.4 is 10.1 Å². The Morgan fingerprint density at radius 3 is 2.46 bits per heavy atom. The largest absolute Gasteiger partial charge is 0.435 e. The van der Waals surface area contributed by atoms with Crippen LogP contribution in [0.3, 0.4) is 0 Å². The first kappa shape index (κ1) is 17.3. The summed E-state index contributed by atoms with van der Waals surface area (Å²) >= 11 is 0. The highest BCUT2D eigenvalue weighted by molar-refractivity contribution is 6.03. The van der Waals surface area contributed by atoms with Gasteiger partial charge in [0.05, 0.1) is 0 Å². The van der Waals surface area contributed by atoms with Crippen molar-refractivity contribution in [3.05, 3.63) is 65.7 Å². The number of amides is 1. The van der Waals surface area contributed by atoms with Gasteiger partial charge in [0.2, 0.25) is 5.91 Å². The zero-order valence-electron chi connectivity index (χ0n) is 12.8. The Hall–Kier alpha value is -3.02. The molecule has 2 aromatic carbocycles. The normalized spacial score (nSPS) is 10.8. The molecule has 0 aromatic heterocycles. The smallest absolute Gasteiger partial charge is 0.387 e. The summed E-state index contributed by atoms with van der Waals surface area (Å²) in [6.45, 7) is -1.43. The van der Waals surface area contributed by atoms with Crippen molar-refractivity contribution in [3.8, 4) is 5.75 Å². The third kappa shape index (κ3) is 5.31.